The molecule has 1 amide bonds. The highest BCUT2D eigenvalue weighted by Gasteiger charge is 2.29. The number of carbonyl (C=O) groups excluding carboxylic acids is 1. The lowest BCUT2D eigenvalue weighted by Gasteiger charge is -2.35. The maximum absolute atomic E-state index is 13.4. The number of fused-ring (bicyclic) bond motifs is 1. The molecular formula is C25H28N2O4. The van der Waals surface area contributed by atoms with Crippen molar-refractivity contribution in [2.45, 2.75) is 25.6 Å². The number of hydrogen-bond donors (Lipinski definition) is 0. The Hall–Kier alpha value is -2.83. The smallest absolute Gasteiger partial charge is 0.290 e. The lowest BCUT2D eigenvalue weighted by Crippen LogP contribution is -2.50. The molecule has 2 aliphatic rings. The van der Waals surface area contributed by atoms with Crippen molar-refractivity contribution in [2.24, 2.45) is 0 Å². The average Bonchev–Trinajstić information content (AvgIpc) is 3.46. The molecule has 2 saturated heterocycles. The van der Waals surface area contributed by atoms with E-state index in [1.165, 1.54) is 0 Å². The Morgan fingerprint density at radius 2 is 1.77 bits per heavy atom. The third-order valence-electron chi connectivity index (χ3n) is 6.16. The van der Waals surface area contributed by atoms with E-state index in [0.29, 0.717) is 31.6 Å². The van der Waals surface area contributed by atoms with Gasteiger partial charge < -0.3 is 18.8 Å². The lowest BCUT2D eigenvalue weighted by molar-refractivity contribution is 0.0416. The minimum absolute atomic E-state index is 0.0559. The molecule has 0 spiro atoms. The molecule has 2 aliphatic heterocycles. The SMILES string of the molecule is O=C(c1oc2ccccc2c1COc1ccccc1)N1CCN(C[C@H]2CCCO2)CC1. The largest absolute Gasteiger partial charge is 0.489 e. The molecule has 2 fully saturated rings. The Bertz CT molecular complexity index is 1020. The Balaban J connectivity index is 1.30. The zero-order valence-corrected chi connectivity index (χ0v) is 17.7. The van der Waals surface area contributed by atoms with E-state index in [-0.39, 0.29) is 5.91 Å². The van der Waals surface area contributed by atoms with Gasteiger partial charge in [-0.05, 0) is 31.0 Å². The highest BCUT2D eigenvalue weighted by atomic mass is 16.5. The molecule has 0 unspecified atom stereocenters. The van der Waals surface area contributed by atoms with Gasteiger partial charge in [0.1, 0.15) is 17.9 Å². The molecule has 3 heterocycles. The van der Waals surface area contributed by atoms with Crippen LogP contribution in [0, 0.1) is 0 Å². The van der Waals surface area contributed by atoms with Crippen LogP contribution in [0.1, 0.15) is 29.0 Å². The third-order valence-corrected chi connectivity index (χ3v) is 6.16. The fraction of sp³-hybridized carbons (Fsp3) is 0.400. The summed E-state index contributed by atoms with van der Waals surface area (Å²) in [7, 11) is 0. The van der Waals surface area contributed by atoms with E-state index in [2.05, 4.69) is 4.90 Å². The average molecular weight is 421 g/mol. The van der Waals surface area contributed by atoms with Gasteiger partial charge in [0, 0.05) is 50.3 Å². The van der Waals surface area contributed by atoms with Gasteiger partial charge in [0.25, 0.3) is 5.91 Å². The number of ether oxygens (including phenoxy) is 2. The maximum atomic E-state index is 13.4. The Morgan fingerprint density at radius 3 is 2.55 bits per heavy atom. The van der Waals surface area contributed by atoms with Crippen molar-refractivity contribution in [2.75, 3.05) is 39.3 Å². The number of carbonyl (C=O) groups is 1. The zero-order valence-electron chi connectivity index (χ0n) is 17.7. The molecule has 31 heavy (non-hydrogen) atoms. The Labute approximate surface area is 182 Å². The number of nitrogens with zero attached hydrogens (tertiary/aromatic N) is 2. The molecule has 3 aromatic rings. The van der Waals surface area contributed by atoms with E-state index >= 15 is 0 Å². The predicted octanol–water partition coefficient (Wildman–Crippen LogP) is 3.95. The molecule has 1 aromatic heterocycles. The highest BCUT2D eigenvalue weighted by Crippen LogP contribution is 2.29. The first-order valence-electron chi connectivity index (χ1n) is 11.1. The molecule has 2 aromatic carbocycles. The minimum Gasteiger partial charge on any atom is -0.489 e. The molecule has 6 heteroatoms. The van der Waals surface area contributed by atoms with E-state index in [1.807, 2.05) is 59.5 Å². The van der Waals surface area contributed by atoms with Crippen LogP contribution in [0.5, 0.6) is 5.75 Å². The number of furan rings is 1. The van der Waals surface area contributed by atoms with Gasteiger partial charge in [-0.25, -0.2) is 0 Å². The summed E-state index contributed by atoms with van der Waals surface area (Å²) in [6.45, 7) is 5.25. The van der Waals surface area contributed by atoms with Gasteiger partial charge in [-0.1, -0.05) is 36.4 Å². The van der Waals surface area contributed by atoms with Gasteiger partial charge in [0.2, 0.25) is 0 Å². The summed E-state index contributed by atoms with van der Waals surface area (Å²) >= 11 is 0. The summed E-state index contributed by atoms with van der Waals surface area (Å²) in [5.41, 5.74) is 1.53. The van der Waals surface area contributed by atoms with Crippen molar-refractivity contribution in [3.05, 3.63) is 65.9 Å². The van der Waals surface area contributed by atoms with E-state index in [9.17, 15) is 4.79 Å². The molecule has 1 atom stereocenters. The topological polar surface area (TPSA) is 55.2 Å². The van der Waals surface area contributed by atoms with Crippen LogP contribution < -0.4 is 4.74 Å². The summed E-state index contributed by atoms with van der Waals surface area (Å²) < 4.78 is 17.8. The minimum atomic E-state index is -0.0559. The van der Waals surface area contributed by atoms with Crippen LogP contribution in [0.25, 0.3) is 11.0 Å². The van der Waals surface area contributed by atoms with Gasteiger partial charge in [0.15, 0.2) is 5.76 Å². The van der Waals surface area contributed by atoms with Crippen LogP contribution in [-0.4, -0.2) is 61.1 Å². The zero-order chi connectivity index (χ0) is 21.0. The molecule has 0 bridgehead atoms. The summed E-state index contributed by atoms with van der Waals surface area (Å²) in [5, 5.41) is 0.929. The standard InChI is InChI=1S/C25H28N2O4/c28-25(27-14-12-26(13-15-27)17-20-9-6-16-29-20)24-22(18-30-19-7-2-1-3-8-19)21-10-4-5-11-23(21)31-24/h1-5,7-8,10-11,20H,6,9,12-18H2/t20-/m1/s1. The second-order valence-electron chi connectivity index (χ2n) is 8.24. The summed E-state index contributed by atoms with van der Waals surface area (Å²) in [6.07, 6.45) is 2.64. The maximum Gasteiger partial charge on any atom is 0.290 e. The molecule has 0 saturated carbocycles. The highest BCUT2D eigenvalue weighted by molar-refractivity contribution is 5.99. The van der Waals surface area contributed by atoms with E-state index < -0.39 is 0 Å². The van der Waals surface area contributed by atoms with E-state index in [0.717, 1.165) is 61.4 Å². The summed E-state index contributed by atoms with van der Waals surface area (Å²) in [4.78, 5) is 17.7. The first-order chi connectivity index (χ1) is 15.3. The molecule has 0 N–H and O–H groups in total. The molecule has 5 rings (SSSR count). The van der Waals surface area contributed by atoms with Crippen molar-refractivity contribution < 1.29 is 18.7 Å². The van der Waals surface area contributed by atoms with Crippen molar-refractivity contribution >= 4 is 16.9 Å². The fourth-order valence-electron chi connectivity index (χ4n) is 4.44. The number of benzene rings is 2. The van der Waals surface area contributed by atoms with Gasteiger partial charge in [0.05, 0.1) is 6.10 Å². The predicted molar refractivity (Wildman–Crippen MR) is 118 cm³/mol. The Kier molecular flexibility index (Phi) is 5.91. The normalized spacial score (nSPS) is 19.7. The Morgan fingerprint density at radius 1 is 1.00 bits per heavy atom. The number of hydrogen-bond acceptors (Lipinski definition) is 5. The summed E-state index contributed by atoms with van der Waals surface area (Å²) in [6, 6.07) is 17.4. The first-order valence-corrected chi connectivity index (χ1v) is 11.1. The number of rotatable bonds is 6. The fourth-order valence-corrected chi connectivity index (χ4v) is 4.44. The van der Waals surface area contributed by atoms with Gasteiger partial charge in [-0.2, -0.15) is 0 Å². The first kappa shape index (κ1) is 20.1. The van der Waals surface area contributed by atoms with Gasteiger partial charge in [-0.3, -0.25) is 9.69 Å². The van der Waals surface area contributed by atoms with Crippen LogP contribution in [0.3, 0.4) is 0 Å². The number of amides is 1. The quantitative estimate of drug-likeness (QED) is 0.604. The van der Waals surface area contributed by atoms with Crippen LogP contribution >= 0.6 is 0 Å². The monoisotopic (exact) mass is 420 g/mol. The van der Waals surface area contributed by atoms with Crippen LogP contribution in [0.15, 0.2) is 59.0 Å². The van der Waals surface area contributed by atoms with Crippen LogP contribution in [0.2, 0.25) is 0 Å². The molecule has 6 nitrogen and oxygen atoms in total. The number of para-hydroxylation sites is 2. The summed E-state index contributed by atoms with van der Waals surface area (Å²) in [5.74, 6) is 1.11. The molecule has 0 aliphatic carbocycles. The van der Waals surface area contributed by atoms with E-state index in [1.54, 1.807) is 0 Å². The van der Waals surface area contributed by atoms with E-state index in [4.69, 9.17) is 13.9 Å². The lowest BCUT2D eigenvalue weighted by atomic mass is 10.1. The van der Waals surface area contributed by atoms with Crippen molar-refractivity contribution in [3.63, 3.8) is 0 Å². The second kappa shape index (κ2) is 9.12. The van der Waals surface area contributed by atoms with Gasteiger partial charge in [-0.15, -0.1) is 0 Å². The third kappa shape index (κ3) is 4.45. The molecule has 0 radical (unpaired) electrons. The second-order valence-corrected chi connectivity index (χ2v) is 8.24. The van der Waals surface area contributed by atoms with Crippen molar-refractivity contribution in [1.82, 2.24) is 9.80 Å². The van der Waals surface area contributed by atoms with Crippen molar-refractivity contribution in [3.8, 4) is 5.75 Å². The van der Waals surface area contributed by atoms with Crippen molar-refractivity contribution in [1.29, 1.82) is 0 Å². The van der Waals surface area contributed by atoms with Gasteiger partial charge >= 0.3 is 0 Å². The van der Waals surface area contributed by atoms with Crippen LogP contribution in [0.4, 0.5) is 0 Å². The molecular weight excluding hydrogens is 392 g/mol. The molecule has 162 valence electrons. The number of piperazine rings is 1. The van der Waals surface area contributed by atoms with Crippen LogP contribution in [-0.2, 0) is 11.3 Å².